The minimum Gasteiger partial charge on any atom is -0.435 e. The monoisotopic (exact) mass is 341 g/mol. The molecule has 2 rings (SSSR count). The molecule has 0 spiro atoms. The van der Waals surface area contributed by atoms with Crippen molar-refractivity contribution in [2.45, 2.75) is 39.3 Å². The molecule has 1 atom stereocenters. The number of aryl methyl sites for hydroxylation is 1. The van der Waals surface area contributed by atoms with E-state index in [2.05, 4.69) is 20.0 Å². The highest BCUT2D eigenvalue weighted by molar-refractivity contribution is 6.33. The molecule has 124 valence electrons. The Bertz CT molecular complexity index is 638. The molecule has 7 heteroatoms. The number of alkyl halides is 2. The molecule has 1 heterocycles. The standard InChI is InChI=1S/C16H18ClF2N3O/c1-3-12(10-5-7-11(8-6-10)23-16(18)19)22-15-14(17)13(4-2)20-9-21-15/h5-9,12,16H,3-4H2,1-2H3,(H,20,21,22). The third kappa shape index (κ3) is 4.51. The largest absolute Gasteiger partial charge is 0.435 e. The van der Waals surface area contributed by atoms with E-state index in [1.807, 2.05) is 13.8 Å². The van der Waals surface area contributed by atoms with Crippen LogP contribution in [0.5, 0.6) is 5.75 Å². The Morgan fingerprint density at radius 3 is 2.43 bits per heavy atom. The predicted octanol–water partition coefficient (Wildman–Crippen LogP) is 4.86. The Labute approximate surface area is 138 Å². The summed E-state index contributed by atoms with van der Waals surface area (Å²) in [6, 6.07) is 6.48. The molecule has 4 nitrogen and oxygen atoms in total. The first-order chi connectivity index (χ1) is 11.0. The van der Waals surface area contributed by atoms with Gasteiger partial charge in [-0.15, -0.1) is 0 Å². The topological polar surface area (TPSA) is 47.0 Å². The van der Waals surface area contributed by atoms with Crippen LogP contribution in [-0.4, -0.2) is 16.6 Å². The van der Waals surface area contributed by atoms with Crippen molar-refractivity contribution in [3.63, 3.8) is 0 Å². The minimum atomic E-state index is -2.83. The Kier molecular flexibility index (Phi) is 6.10. The number of rotatable bonds is 7. The third-order valence-electron chi connectivity index (χ3n) is 3.42. The summed E-state index contributed by atoms with van der Waals surface area (Å²) in [4.78, 5) is 8.31. The minimum absolute atomic E-state index is 0.0484. The van der Waals surface area contributed by atoms with Crippen molar-refractivity contribution in [1.29, 1.82) is 0 Å². The van der Waals surface area contributed by atoms with Gasteiger partial charge in [0.25, 0.3) is 0 Å². The fourth-order valence-corrected chi connectivity index (χ4v) is 2.51. The lowest BCUT2D eigenvalue weighted by Gasteiger charge is -2.19. The average molecular weight is 342 g/mol. The van der Waals surface area contributed by atoms with E-state index in [4.69, 9.17) is 11.6 Å². The van der Waals surface area contributed by atoms with Crippen LogP contribution in [0.15, 0.2) is 30.6 Å². The second-order valence-electron chi connectivity index (χ2n) is 4.89. The molecule has 1 aromatic carbocycles. The van der Waals surface area contributed by atoms with Gasteiger partial charge in [-0.05, 0) is 30.5 Å². The second-order valence-corrected chi connectivity index (χ2v) is 5.27. The number of hydrogen-bond donors (Lipinski definition) is 1. The lowest BCUT2D eigenvalue weighted by atomic mass is 10.0. The summed E-state index contributed by atoms with van der Waals surface area (Å²) in [5, 5.41) is 3.78. The number of aromatic nitrogens is 2. The summed E-state index contributed by atoms with van der Waals surface area (Å²) in [5.74, 6) is 0.699. The summed E-state index contributed by atoms with van der Waals surface area (Å²) >= 11 is 6.29. The van der Waals surface area contributed by atoms with Crippen LogP contribution in [0, 0.1) is 0 Å². The number of halogens is 3. The van der Waals surface area contributed by atoms with Crippen LogP contribution in [0.1, 0.15) is 37.6 Å². The zero-order valence-corrected chi connectivity index (χ0v) is 13.6. The molecule has 1 aromatic heterocycles. The Balaban J connectivity index is 2.17. The maximum absolute atomic E-state index is 12.2. The highest BCUT2D eigenvalue weighted by Gasteiger charge is 2.14. The van der Waals surface area contributed by atoms with E-state index >= 15 is 0 Å². The van der Waals surface area contributed by atoms with Gasteiger partial charge in [-0.25, -0.2) is 9.97 Å². The quantitative estimate of drug-likeness (QED) is 0.781. The number of nitrogens with one attached hydrogen (secondary N) is 1. The van der Waals surface area contributed by atoms with Crippen LogP contribution in [-0.2, 0) is 6.42 Å². The van der Waals surface area contributed by atoms with Gasteiger partial charge in [0.1, 0.15) is 22.9 Å². The highest BCUT2D eigenvalue weighted by atomic mass is 35.5. The Morgan fingerprint density at radius 1 is 1.17 bits per heavy atom. The first kappa shape index (κ1) is 17.4. The maximum atomic E-state index is 12.2. The predicted molar refractivity (Wildman–Crippen MR) is 86.1 cm³/mol. The smallest absolute Gasteiger partial charge is 0.387 e. The summed E-state index contributed by atoms with van der Waals surface area (Å²) in [6.45, 7) is 1.15. The molecule has 0 aliphatic carbocycles. The van der Waals surface area contributed by atoms with E-state index in [0.29, 0.717) is 17.3 Å². The zero-order valence-electron chi connectivity index (χ0n) is 12.9. The van der Waals surface area contributed by atoms with Crippen LogP contribution in [0.25, 0.3) is 0 Å². The van der Waals surface area contributed by atoms with Gasteiger partial charge in [-0.1, -0.05) is 37.6 Å². The summed E-state index contributed by atoms with van der Waals surface area (Å²) in [6.07, 6.45) is 2.96. The number of ether oxygens (including phenoxy) is 1. The molecular weight excluding hydrogens is 324 g/mol. The van der Waals surface area contributed by atoms with Crippen molar-refractivity contribution in [3.8, 4) is 5.75 Å². The van der Waals surface area contributed by atoms with Crippen LogP contribution < -0.4 is 10.1 Å². The number of anilines is 1. The van der Waals surface area contributed by atoms with Crippen molar-refractivity contribution in [2.24, 2.45) is 0 Å². The summed E-state index contributed by atoms with van der Waals surface area (Å²) in [5.41, 5.74) is 1.71. The molecule has 0 amide bonds. The van der Waals surface area contributed by atoms with Gasteiger partial charge in [0.2, 0.25) is 0 Å². The van der Waals surface area contributed by atoms with E-state index in [0.717, 1.165) is 17.7 Å². The average Bonchev–Trinajstić information content (AvgIpc) is 2.54. The fourth-order valence-electron chi connectivity index (χ4n) is 2.22. The fraction of sp³-hybridized carbons (Fsp3) is 0.375. The molecule has 23 heavy (non-hydrogen) atoms. The molecule has 0 radical (unpaired) electrons. The van der Waals surface area contributed by atoms with Gasteiger partial charge in [0.15, 0.2) is 0 Å². The van der Waals surface area contributed by atoms with Crippen LogP contribution >= 0.6 is 11.6 Å². The molecule has 0 aliphatic heterocycles. The van der Waals surface area contributed by atoms with Gasteiger partial charge < -0.3 is 10.1 Å². The van der Waals surface area contributed by atoms with E-state index in [-0.39, 0.29) is 11.8 Å². The van der Waals surface area contributed by atoms with Crippen molar-refractivity contribution >= 4 is 17.4 Å². The lowest BCUT2D eigenvalue weighted by Crippen LogP contribution is -2.12. The molecule has 2 aromatic rings. The van der Waals surface area contributed by atoms with Gasteiger partial charge in [-0.2, -0.15) is 8.78 Å². The van der Waals surface area contributed by atoms with Crippen molar-refractivity contribution in [3.05, 3.63) is 46.9 Å². The third-order valence-corrected chi connectivity index (χ3v) is 3.82. The summed E-state index contributed by atoms with van der Waals surface area (Å²) in [7, 11) is 0. The maximum Gasteiger partial charge on any atom is 0.387 e. The van der Waals surface area contributed by atoms with E-state index in [9.17, 15) is 8.78 Å². The molecule has 1 unspecified atom stereocenters. The molecular formula is C16H18ClF2N3O. The molecule has 0 fully saturated rings. The summed E-state index contributed by atoms with van der Waals surface area (Å²) < 4.78 is 28.7. The second kappa shape index (κ2) is 8.06. The zero-order chi connectivity index (χ0) is 16.8. The Morgan fingerprint density at radius 2 is 1.87 bits per heavy atom. The van der Waals surface area contributed by atoms with E-state index in [1.165, 1.54) is 18.5 Å². The van der Waals surface area contributed by atoms with E-state index < -0.39 is 6.61 Å². The van der Waals surface area contributed by atoms with Gasteiger partial charge in [-0.3, -0.25) is 0 Å². The van der Waals surface area contributed by atoms with Gasteiger partial charge in [0.05, 0.1) is 11.7 Å². The number of benzene rings is 1. The first-order valence-electron chi connectivity index (χ1n) is 7.35. The first-order valence-corrected chi connectivity index (χ1v) is 7.73. The number of hydrogen-bond acceptors (Lipinski definition) is 4. The Hall–Kier alpha value is -1.95. The van der Waals surface area contributed by atoms with Crippen molar-refractivity contribution in [2.75, 3.05) is 5.32 Å². The van der Waals surface area contributed by atoms with Crippen LogP contribution in [0.4, 0.5) is 14.6 Å². The number of nitrogens with zero attached hydrogens (tertiary/aromatic N) is 2. The molecule has 0 aliphatic rings. The van der Waals surface area contributed by atoms with Gasteiger partial charge in [0, 0.05) is 0 Å². The van der Waals surface area contributed by atoms with Crippen molar-refractivity contribution in [1.82, 2.24) is 9.97 Å². The molecule has 0 bridgehead atoms. The van der Waals surface area contributed by atoms with E-state index in [1.54, 1.807) is 12.1 Å². The highest BCUT2D eigenvalue weighted by Crippen LogP contribution is 2.29. The molecule has 0 saturated heterocycles. The normalized spacial score (nSPS) is 12.3. The lowest BCUT2D eigenvalue weighted by molar-refractivity contribution is -0.0498. The SMILES string of the molecule is CCc1ncnc(NC(CC)c2ccc(OC(F)F)cc2)c1Cl. The van der Waals surface area contributed by atoms with Crippen molar-refractivity contribution < 1.29 is 13.5 Å². The van der Waals surface area contributed by atoms with Crippen LogP contribution in [0.2, 0.25) is 5.02 Å². The van der Waals surface area contributed by atoms with Gasteiger partial charge >= 0.3 is 6.61 Å². The van der Waals surface area contributed by atoms with Crippen LogP contribution in [0.3, 0.4) is 0 Å². The molecule has 1 N–H and O–H groups in total. The molecule has 0 saturated carbocycles.